The van der Waals surface area contributed by atoms with Crippen LogP contribution in [0.15, 0.2) is 0 Å². The Labute approximate surface area is 80.8 Å². The average molecular weight is 174 g/mol. The van der Waals surface area contributed by atoms with Gasteiger partial charge in [0.2, 0.25) is 0 Å². The molecule has 0 radical (unpaired) electrons. The van der Waals surface area contributed by atoms with E-state index in [9.17, 15) is 0 Å². The quantitative estimate of drug-likeness (QED) is 0.556. The Hall–Kier alpha value is 0. The fourth-order valence-electron chi connectivity index (χ4n) is 0.289. The van der Waals surface area contributed by atoms with Crippen LogP contribution < -0.4 is 0 Å². The van der Waals surface area contributed by atoms with E-state index in [1.54, 1.807) is 0 Å². The lowest BCUT2D eigenvalue weighted by molar-refractivity contribution is 0.544. The summed E-state index contributed by atoms with van der Waals surface area (Å²) in [4.78, 5) is 0. The van der Waals surface area contributed by atoms with E-state index >= 15 is 0 Å². The Morgan fingerprint density at radius 1 is 0.750 bits per heavy atom. The molecule has 0 aliphatic carbocycles. The first-order chi connectivity index (χ1) is 5.08. The highest BCUT2D eigenvalue weighted by Crippen LogP contribution is 2.02. The molecule has 0 unspecified atom stereocenters. The summed E-state index contributed by atoms with van der Waals surface area (Å²) in [5.41, 5.74) is 0. The molecular weight excluding hydrogens is 144 g/mol. The van der Waals surface area contributed by atoms with E-state index < -0.39 is 0 Å². The average Bonchev–Trinajstić information content (AvgIpc) is 2.04. The molecule has 0 saturated carbocycles. The van der Waals surface area contributed by atoms with Crippen molar-refractivity contribution < 1.29 is 0 Å². The maximum atomic E-state index is 2.28. The standard InChI is InChI=1S/C6H14.C5H12.CH4/c1-4-6(3)5-2;1-4-5(2)3;/h6H,4-5H2,1-3H3;5H,4H2,1-3H3;1H4. The fourth-order valence-corrected chi connectivity index (χ4v) is 0.289. The molecule has 0 aromatic rings. The van der Waals surface area contributed by atoms with Crippen molar-refractivity contribution in [2.75, 3.05) is 0 Å². The number of hydrogen-bond donors (Lipinski definition) is 0. The van der Waals surface area contributed by atoms with Gasteiger partial charge in [-0.25, -0.2) is 0 Å². The zero-order valence-corrected chi connectivity index (χ0v) is 9.28. The second-order valence-electron chi connectivity index (χ2n) is 3.72. The molecule has 0 aromatic heterocycles. The molecule has 0 aliphatic rings. The van der Waals surface area contributed by atoms with Crippen molar-refractivity contribution in [2.24, 2.45) is 11.8 Å². The van der Waals surface area contributed by atoms with Crippen LogP contribution in [-0.4, -0.2) is 0 Å². The van der Waals surface area contributed by atoms with Gasteiger partial charge in [-0.1, -0.05) is 68.2 Å². The van der Waals surface area contributed by atoms with Gasteiger partial charge in [-0.2, -0.15) is 0 Å². The van der Waals surface area contributed by atoms with E-state index in [0.717, 1.165) is 11.8 Å². The molecule has 0 rings (SSSR count). The van der Waals surface area contributed by atoms with Gasteiger partial charge in [0.1, 0.15) is 0 Å². The predicted molar refractivity (Wildman–Crippen MR) is 61.6 cm³/mol. The molecule has 0 atom stereocenters. The first-order valence-corrected chi connectivity index (χ1v) is 5.08. The lowest BCUT2D eigenvalue weighted by atomic mass is 10.1. The van der Waals surface area contributed by atoms with Crippen molar-refractivity contribution in [1.82, 2.24) is 0 Å². The van der Waals surface area contributed by atoms with E-state index in [0.29, 0.717) is 0 Å². The van der Waals surface area contributed by atoms with Crippen LogP contribution >= 0.6 is 0 Å². The van der Waals surface area contributed by atoms with Gasteiger partial charge in [-0.05, 0) is 11.8 Å². The van der Waals surface area contributed by atoms with E-state index in [1.807, 2.05) is 0 Å². The molecule has 0 aliphatic heterocycles. The third-order valence-corrected chi connectivity index (χ3v) is 2.21. The second-order valence-corrected chi connectivity index (χ2v) is 3.72. The van der Waals surface area contributed by atoms with Crippen LogP contribution in [-0.2, 0) is 0 Å². The van der Waals surface area contributed by atoms with Gasteiger partial charge in [0.15, 0.2) is 0 Å². The van der Waals surface area contributed by atoms with E-state index in [2.05, 4.69) is 41.5 Å². The van der Waals surface area contributed by atoms with Crippen LogP contribution in [0.2, 0.25) is 0 Å². The molecule has 0 heteroatoms. The third kappa shape index (κ3) is 22.5. The lowest BCUT2D eigenvalue weighted by Gasteiger charge is -1.98. The highest BCUT2D eigenvalue weighted by molar-refractivity contribution is 4.41. The van der Waals surface area contributed by atoms with E-state index in [1.165, 1.54) is 19.3 Å². The Bertz CT molecular complexity index is 51.1. The molecule has 0 heterocycles. The largest absolute Gasteiger partial charge is 0.0776 e. The SMILES string of the molecule is C.CCC(C)C.CCC(C)CC. The smallest absolute Gasteiger partial charge is 0.0448 e. The molecule has 0 saturated heterocycles. The zero-order valence-electron chi connectivity index (χ0n) is 9.28. The van der Waals surface area contributed by atoms with Crippen molar-refractivity contribution in [3.63, 3.8) is 0 Å². The summed E-state index contributed by atoms with van der Waals surface area (Å²) in [6.45, 7) is 13.4. The summed E-state index contributed by atoms with van der Waals surface area (Å²) >= 11 is 0. The molecule has 0 bridgehead atoms. The normalized spacial score (nSPS) is 9.00. The maximum Gasteiger partial charge on any atom is -0.0448 e. The van der Waals surface area contributed by atoms with Crippen LogP contribution in [0.3, 0.4) is 0 Å². The summed E-state index contributed by atoms with van der Waals surface area (Å²) in [6, 6.07) is 0. The van der Waals surface area contributed by atoms with Gasteiger partial charge >= 0.3 is 0 Å². The van der Waals surface area contributed by atoms with Crippen molar-refractivity contribution >= 4 is 0 Å². The summed E-state index contributed by atoms with van der Waals surface area (Å²) in [6.07, 6.45) is 3.97. The van der Waals surface area contributed by atoms with Gasteiger partial charge < -0.3 is 0 Å². The third-order valence-electron chi connectivity index (χ3n) is 2.21. The van der Waals surface area contributed by atoms with E-state index in [-0.39, 0.29) is 7.43 Å². The Morgan fingerprint density at radius 2 is 1.00 bits per heavy atom. The molecule has 0 spiro atoms. The van der Waals surface area contributed by atoms with Crippen molar-refractivity contribution in [3.8, 4) is 0 Å². The highest BCUT2D eigenvalue weighted by atomic mass is 13.9. The van der Waals surface area contributed by atoms with Crippen LogP contribution in [0.4, 0.5) is 0 Å². The fraction of sp³-hybridized carbons (Fsp3) is 1.00. The van der Waals surface area contributed by atoms with Gasteiger partial charge in [-0.3, -0.25) is 0 Å². The number of hydrogen-bond acceptors (Lipinski definition) is 0. The van der Waals surface area contributed by atoms with Crippen LogP contribution in [0, 0.1) is 11.8 Å². The number of rotatable bonds is 3. The molecule has 0 fully saturated rings. The molecule has 0 nitrogen and oxygen atoms in total. The summed E-state index contributed by atoms with van der Waals surface area (Å²) in [5, 5.41) is 0. The molecule has 12 heavy (non-hydrogen) atoms. The molecular formula is C12H30. The first kappa shape index (κ1) is 17.9. The Morgan fingerprint density at radius 3 is 1.00 bits per heavy atom. The van der Waals surface area contributed by atoms with Crippen LogP contribution in [0.1, 0.15) is 68.2 Å². The summed E-state index contributed by atoms with van der Waals surface area (Å²) in [7, 11) is 0. The summed E-state index contributed by atoms with van der Waals surface area (Å²) in [5.74, 6) is 1.82. The minimum absolute atomic E-state index is 0. The topological polar surface area (TPSA) is 0 Å². The second kappa shape index (κ2) is 13.6. The zero-order chi connectivity index (χ0) is 9.28. The Kier molecular flexibility index (Phi) is 20.3. The van der Waals surface area contributed by atoms with Gasteiger partial charge in [0.25, 0.3) is 0 Å². The predicted octanol–water partition coefficient (Wildman–Crippen LogP) is 5.13. The van der Waals surface area contributed by atoms with Gasteiger partial charge in [0.05, 0.1) is 0 Å². The van der Waals surface area contributed by atoms with Crippen molar-refractivity contribution in [2.45, 2.75) is 68.2 Å². The summed E-state index contributed by atoms with van der Waals surface area (Å²) < 4.78 is 0. The van der Waals surface area contributed by atoms with Gasteiger partial charge in [-0.15, -0.1) is 0 Å². The first-order valence-electron chi connectivity index (χ1n) is 5.08. The molecule has 0 aromatic carbocycles. The van der Waals surface area contributed by atoms with Crippen LogP contribution in [0.5, 0.6) is 0 Å². The van der Waals surface area contributed by atoms with Crippen LogP contribution in [0.25, 0.3) is 0 Å². The van der Waals surface area contributed by atoms with Gasteiger partial charge in [0, 0.05) is 0 Å². The monoisotopic (exact) mass is 174 g/mol. The molecule has 78 valence electrons. The molecule has 0 amide bonds. The highest BCUT2D eigenvalue weighted by Gasteiger charge is 1.88. The van der Waals surface area contributed by atoms with Crippen molar-refractivity contribution in [1.29, 1.82) is 0 Å². The maximum absolute atomic E-state index is 2.28. The minimum Gasteiger partial charge on any atom is -0.0776 e. The lowest BCUT2D eigenvalue weighted by Crippen LogP contribution is -1.85. The Balaban J connectivity index is -0.000000126. The molecule has 0 N–H and O–H groups in total. The van der Waals surface area contributed by atoms with Crippen molar-refractivity contribution in [3.05, 3.63) is 0 Å². The minimum atomic E-state index is 0. The van der Waals surface area contributed by atoms with E-state index in [4.69, 9.17) is 0 Å².